The lowest BCUT2D eigenvalue weighted by Crippen LogP contribution is -2.46. The van der Waals surface area contributed by atoms with Crippen LogP contribution in [-0.2, 0) is 28.9 Å². The molecule has 6 nitrogen and oxygen atoms in total. The first-order valence-corrected chi connectivity index (χ1v) is 12.7. The summed E-state index contributed by atoms with van der Waals surface area (Å²) < 4.78 is 51.8. The van der Waals surface area contributed by atoms with Gasteiger partial charge < -0.3 is 20.5 Å². The number of ether oxygens (including phenoxy) is 2. The van der Waals surface area contributed by atoms with Crippen LogP contribution in [0.5, 0.6) is 5.75 Å². The molecule has 0 unspecified atom stereocenters. The standard InChI is InChI=1S/C30H33F3N2O4/c1-3-19-5-4-6-20(11-19)17-35-18-29(26(34)14-21-12-23(31)16-24(32)13-21)39-30(37)10-8-27(36)22-7-9-28(38-2)25(33)15-22/h4-7,9,11-13,15-16,26,29,35H,3,8,10,14,17-18,34H2,1-2H3/t26-,29+/m0/s1. The maximum atomic E-state index is 13.9. The number of Topliss-reactive ketones (excluding diaryl/α,β-unsaturated/α-hetero) is 1. The lowest BCUT2D eigenvalue weighted by Gasteiger charge is -2.25. The number of carbonyl (C=O) groups excluding carboxylic acids is 2. The van der Waals surface area contributed by atoms with Gasteiger partial charge in [0.1, 0.15) is 17.7 Å². The van der Waals surface area contributed by atoms with Crippen molar-refractivity contribution >= 4 is 11.8 Å². The second kappa shape index (κ2) is 14.5. The summed E-state index contributed by atoms with van der Waals surface area (Å²) in [5, 5.41) is 3.23. The van der Waals surface area contributed by atoms with Gasteiger partial charge in [-0.15, -0.1) is 0 Å². The number of rotatable bonds is 14. The summed E-state index contributed by atoms with van der Waals surface area (Å²) in [6.07, 6.45) is -0.331. The van der Waals surface area contributed by atoms with Gasteiger partial charge in [0.25, 0.3) is 0 Å². The van der Waals surface area contributed by atoms with E-state index >= 15 is 0 Å². The number of hydrogen-bond donors (Lipinski definition) is 2. The monoisotopic (exact) mass is 542 g/mol. The van der Waals surface area contributed by atoms with Crippen molar-refractivity contribution in [3.05, 3.63) is 100 Å². The van der Waals surface area contributed by atoms with E-state index < -0.39 is 41.4 Å². The lowest BCUT2D eigenvalue weighted by atomic mass is 10.0. The van der Waals surface area contributed by atoms with Gasteiger partial charge in [0.05, 0.1) is 13.5 Å². The highest BCUT2D eigenvalue weighted by atomic mass is 19.1. The Morgan fingerprint density at radius 3 is 2.31 bits per heavy atom. The molecule has 0 aliphatic heterocycles. The molecule has 0 saturated heterocycles. The molecule has 0 spiro atoms. The third-order valence-electron chi connectivity index (χ3n) is 6.26. The molecular weight excluding hydrogens is 509 g/mol. The molecular formula is C30H33F3N2O4. The van der Waals surface area contributed by atoms with Crippen LogP contribution in [0, 0.1) is 17.5 Å². The first kappa shape index (κ1) is 29.9. The van der Waals surface area contributed by atoms with Gasteiger partial charge in [-0.1, -0.05) is 31.2 Å². The summed E-state index contributed by atoms with van der Waals surface area (Å²) in [4.78, 5) is 25.1. The quantitative estimate of drug-likeness (QED) is 0.222. The summed E-state index contributed by atoms with van der Waals surface area (Å²) >= 11 is 0. The molecule has 208 valence electrons. The second-order valence-corrected chi connectivity index (χ2v) is 9.25. The molecule has 3 rings (SSSR count). The van der Waals surface area contributed by atoms with Crippen LogP contribution in [0.3, 0.4) is 0 Å². The van der Waals surface area contributed by atoms with E-state index in [-0.39, 0.29) is 37.1 Å². The van der Waals surface area contributed by atoms with Crippen molar-refractivity contribution in [1.29, 1.82) is 0 Å². The van der Waals surface area contributed by atoms with E-state index in [0.29, 0.717) is 12.1 Å². The van der Waals surface area contributed by atoms with E-state index in [1.54, 1.807) is 0 Å². The van der Waals surface area contributed by atoms with Crippen molar-refractivity contribution in [2.24, 2.45) is 5.73 Å². The topological polar surface area (TPSA) is 90.6 Å². The molecule has 0 aliphatic rings. The summed E-state index contributed by atoms with van der Waals surface area (Å²) in [6.45, 7) is 2.73. The smallest absolute Gasteiger partial charge is 0.306 e. The van der Waals surface area contributed by atoms with Crippen LogP contribution in [0.25, 0.3) is 0 Å². The van der Waals surface area contributed by atoms with Crippen LogP contribution in [-0.4, -0.2) is 37.6 Å². The van der Waals surface area contributed by atoms with E-state index in [4.69, 9.17) is 15.2 Å². The Morgan fingerprint density at radius 1 is 0.923 bits per heavy atom. The summed E-state index contributed by atoms with van der Waals surface area (Å²) in [5.74, 6) is -3.23. The highest BCUT2D eigenvalue weighted by Crippen LogP contribution is 2.19. The van der Waals surface area contributed by atoms with E-state index in [1.165, 1.54) is 36.9 Å². The summed E-state index contributed by atoms with van der Waals surface area (Å²) in [7, 11) is 1.32. The minimum atomic E-state index is -0.841. The molecule has 0 amide bonds. The zero-order valence-corrected chi connectivity index (χ0v) is 22.0. The van der Waals surface area contributed by atoms with Crippen LogP contribution < -0.4 is 15.8 Å². The fourth-order valence-electron chi connectivity index (χ4n) is 4.16. The normalized spacial score (nSPS) is 12.6. The zero-order valence-electron chi connectivity index (χ0n) is 22.0. The molecule has 0 saturated carbocycles. The van der Waals surface area contributed by atoms with E-state index in [9.17, 15) is 22.8 Å². The maximum Gasteiger partial charge on any atom is 0.306 e. The highest BCUT2D eigenvalue weighted by molar-refractivity contribution is 5.97. The van der Waals surface area contributed by atoms with Crippen molar-refractivity contribution < 1.29 is 32.2 Å². The predicted molar refractivity (Wildman–Crippen MR) is 142 cm³/mol. The van der Waals surface area contributed by atoms with Crippen LogP contribution in [0.15, 0.2) is 60.7 Å². The molecule has 9 heteroatoms. The molecule has 3 N–H and O–H groups in total. The minimum absolute atomic E-state index is 0.00916. The Morgan fingerprint density at radius 2 is 1.64 bits per heavy atom. The first-order chi connectivity index (χ1) is 18.7. The summed E-state index contributed by atoms with van der Waals surface area (Å²) in [5.41, 5.74) is 8.99. The number of aryl methyl sites for hydroxylation is 1. The third kappa shape index (κ3) is 9.23. The number of nitrogens with one attached hydrogen (secondary N) is 1. The molecule has 0 radical (unpaired) electrons. The molecule has 2 atom stereocenters. The number of hydrogen-bond acceptors (Lipinski definition) is 6. The van der Waals surface area contributed by atoms with Crippen LogP contribution in [0.4, 0.5) is 13.2 Å². The van der Waals surface area contributed by atoms with Crippen molar-refractivity contribution in [3.63, 3.8) is 0 Å². The van der Waals surface area contributed by atoms with Gasteiger partial charge in [0, 0.05) is 37.2 Å². The van der Waals surface area contributed by atoms with Gasteiger partial charge in [0.2, 0.25) is 0 Å². The zero-order chi connectivity index (χ0) is 28.4. The fraction of sp³-hybridized carbons (Fsp3) is 0.333. The van der Waals surface area contributed by atoms with Gasteiger partial charge in [0.15, 0.2) is 17.3 Å². The molecule has 0 aromatic heterocycles. The van der Waals surface area contributed by atoms with Crippen LogP contribution in [0.2, 0.25) is 0 Å². The van der Waals surface area contributed by atoms with E-state index in [2.05, 4.69) is 18.3 Å². The van der Waals surface area contributed by atoms with Crippen LogP contribution >= 0.6 is 0 Å². The second-order valence-electron chi connectivity index (χ2n) is 9.25. The van der Waals surface area contributed by atoms with Crippen molar-refractivity contribution in [2.75, 3.05) is 13.7 Å². The van der Waals surface area contributed by atoms with Crippen molar-refractivity contribution in [1.82, 2.24) is 5.32 Å². The SMILES string of the molecule is CCc1cccc(CNC[C@@H](OC(=O)CCC(=O)c2ccc(OC)c(F)c2)[C@@H](N)Cc2cc(F)cc(F)c2)c1. The van der Waals surface area contributed by atoms with Crippen LogP contribution in [0.1, 0.15) is 46.8 Å². The van der Waals surface area contributed by atoms with Gasteiger partial charge in [-0.2, -0.15) is 0 Å². The number of halogens is 3. The fourth-order valence-corrected chi connectivity index (χ4v) is 4.16. The molecule has 0 bridgehead atoms. The lowest BCUT2D eigenvalue weighted by molar-refractivity contribution is -0.149. The number of carbonyl (C=O) groups is 2. The molecule has 39 heavy (non-hydrogen) atoms. The third-order valence-corrected chi connectivity index (χ3v) is 6.26. The van der Waals surface area contributed by atoms with Gasteiger partial charge >= 0.3 is 5.97 Å². The van der Waals surface area contributed by atoms with Crippen molar-refractivity contribution in [2.45, 2.75) is 51.3 Å². The Hall–Kier alpha value is -3.69. The number of ketones is 1. The average Bonchev–Trinajstić information content (AvgIpc) is 2.90. The molecule has 0 heterocycles. The number of methoxy groups -OCH3 is 1. The largest absolute Gasteiger partial charge is 0.494 e. The van der Waals surface area contributed by atoms with Gasteiger partial charge in [-0.3, -0.25) is 9.59 Å². The predicted octanol–water partition coefficient (Wildman–Crippen LogP) is 4.91. The summed E-state index contributed by atoms with van der Waals surface area (Å²) in [6, 6.07) is 14.2. The van der Waals surface area contributed by atoms with Gasteiger partial charge in [-0.05, 0) is 59.9 Å². The number of benzene rings is 3. The molecule has 3 aromatic carbocycles. The Kier molecular flexibility index (Phi) is 11.1. The van der Waals surface area contributed by atoms with Gasteiger partial charge in [-0.25, -0.2) is 13.2 Å². The first-order valence-electron chi connectivity index (χ1n) is 12.7. The Balaban J connectivity index is 1.63. The average molecular weight is 543 g/mol. The Labute approximate surface area is 226 Å². The highest BCUT2D eigenvalue weighted by Gasteiger charge is 2.24. The molecule has 0 aliphatic carbocycles. The number of nitrogens with two attached hydrogens (primary N) is 1. The number of esters is 1. The van der Waals surface area contributed by atoms with E-state index in [0.717, 1.165) is 24.1 Å². The maximum absolute atomic E-state index is 13.9. The molecule has 3 aromatic rings. The molecule has 0 fully saturated rings. The van der Waals surface area contributed by atoms with Crippen molar-refractivity contribution in [3.8, 4) is 5.75 Å². The Bertz CT molecular complexity index is 1260. The minimum Gasteiger partial charge on any atom is -0.494 e. The van der Waals surface area contributed by atoms with E-state index in [1.807, 2.05) is 18.2 Å².